The number of nitrogens with zero attached hydrogens (tertiary/aromatic N) is 1. The van der Waals surface area contributed by atoms with Crippen molar-refractivity contribution in [1.29, 1.82) is 0 Å². The molecule has 0 saturated heterocycles. The van der Waals surface area contributed by atoms with Crippen LogP contribution >= 0.6 is 11.3 Å². The van der Waals surface area contributed by atoms with Crippen molar-refractivity contribution in [2.24, 2.45) is 5.92 Å². The van der Waals surface area contributed by atoms with E-state index in [-0.39, 0.29) is 29.2 Å². The molecule has 1 aromatic rings. The maximum Gasteiger partial charge on any atom is 0.265 e. The maximum absolute atomic E-state index is 12.3. The minimum atomic E-state index is -0.206. The van der Waals surface area contributed by atoms with Crippen LogP contribution in [0.15, 0.2) is 0 Å². The quantitative estimate of drug-likeness (QED) is 0.750. The highest BCUT2D eigenvalue weighted by Crippen LogP contribution is 2.27. The summed E-state index contributed by atoms with van der Waals surface area (Å²) in [4.78, 5) is 17.0. The molecule has 4 N–H and O–H groups in total. The highest BCUT2D eigenvalue weighted by molar-refractivity contribution is 7.18. The van der Waals surface area contributed by atoms with Crippen LogP contribution in [0, 0.1) is 5.92 Å². The van der Waals surface area contributed by atoms with Gasteiger partial charge in [0.15, 0.2) is 5.13 Å². The molecule has 0 aliphatic rings. The molecule has 1 aromatic heterocycles. The van der Waals surface area contributed by atoms with E-state index < -0.39 is 0 Å². The third-order valence-corrected chi connectivity index (χ3v) is 3.79. The molecule has 6 nitrogen and oxygen atoms in total. The van der Waals surface area contributed by atoms with Crippen LogP contribution in [0.25, 0.3) is 0 Å². The Balaban J connectivity index is 2.82. The van der Waals surface area contributed by atoms with Crippen molar-refractivity contribution in [3.8, 4) is 0 Å². The fourth-order valence-electron chi connectivity index (χ4n) is 1.68. The average molecular weight is 314 g/mol. The summed E-state index contributed by atoms with van der Waals surface area (Å²) in [6.45, 7) is 10.6. The van der Waals surface area contributed by atoms with Gasteiger partial charge in [-0.3, -0.25) is 4.79 Å². The van der Waals surface area contributed by atoms with Gasteiger partial charge in [0.05, 0.1) is 12.6 Å². The molecule has 7 heteroatoms. The smallest absolute Gasteiger partial charge is 0.265 e. The number of hydrogen-bond donors (Lipinski definition) is 3. The second-order valence-corrected chi connectivity index (χ2v) is 7.39. The number of hydrogen-bond acceptors (Lipinski definition) is 6. The van der Waals surface area contributed by atoms with E-state index in [1.54, 1.807) is 7.11 Å². The van der Waals surface area contributed by atoms with Gasteiger partial charge in [0.1, 0.15) is 10.7 Å². The van der Waals surface area contributed by atoms with Crippen LogP contribution in [0.4, 0.5) is 10.9 Å². The van der Waals surface area contributed by atoms with Gasteiger partial charge in [-0.1, -0.05) is 25.2 Å². The predicted octanol–water partition coefficient (Wildman–Crippen LogP) is 2.34. The summed E-state index contributed by atoms with van der Waals surface area (Å²) in [6.07, 6.45) is 0. The van der Waals surface area contributed by atoms with Crippen LogP contribution < -0.4 is 16.4 Å². The maximum atomic E-state index is 12.3. The van der Waals surface area contributed by atoms with Crippen LogP contribution in [0.3, 0.4) is 0 Å². The van der Waals surface area contributed by atoms with E-state index in [1.165, 1.54) is 11.3 Å². The largest absolute Gasteiger partial charge is 0.383 e. The first kappa shape index (κ1) is 17.7. The molecule has 0 fully saturated rings. The molecule has 0 aromatic carbocycles. The van der Waals surface area contributed by atoms with E-state index in [2.05, 4.69) is 15.6 Å². The molecule has 0 aliphatic heterocycles. The van der Waals surface area contributed by atoms with Crippen molar-refractivity contribution in [3.05, 3.63) is 4.88 Å². The van der Waals surface area contributed by atoms with Gasteiger partial charge in [-0.05, 0) is 26.7 Å². The van der Waals surface area contributed by atoms with E-state index in [4.69, 9.17) is 10.5 Å². The highest BCUT2D eigenvalue weighted by Gasteiger charge is 2.22. The Morgan fingerprint density at radius 3 is 2.52 bits per heavy atom. The fourth-order valence-corrected chi connectivity index (χ4v) is 2.68. The van der Waals surface area contributed by atoms with Gasteiger partial charge in [0.25, 0.3) is 5.91 Å². The minimum Gasteiger partial charge on any atom is -0.383 e. The molecule has 120 valence electrons. The van der Waals surface area contributed by atoms with Crippen molar-refractivity contribution < 1.29 is 9.53 Å². The molecular formula is C14H26N4O2S. The van der Waals surface area contributed by atoms with Gasteiger partial charge < -0.3 is 21.1 Å². The summed E-state index contributed by atoms with van der Waals surface area (Å²) in [7, 11) is 1.62. The first-order chi connectivity index (χ1) is 9.64. The number of aromatic nitrogens is 1. The number of carbonyl (C=O) groups is 1. The minimum absolute atomic E-state index is 0.0528. The van der Waals surface area contributed by atoms with E-state index in [0.29, 0.717) is 16.6 Å². The summed E-state index contributed by atoms with van der Waals surface area (Å²) in [5.74, 6) is 0.321. The number of rotatable bonds is 6. The number of methoxy groups -OCH3 is 1. The van der Waals surface area contributed by atoms with Crippen molar-refractivity contribution in [2.75, 3.05) is 24.8 Å². The molecule has 1 amide bonds. The average Bonchev–Trinajstić information content (AvgIpc) is 2.66. The van der Waals surface area contributed by atoms with Crippen molar-refractivity contribution in [1.82, 2.24) is 10.3 Å². The molecule has 0 spiro atoms. The second kappa shape index (κ2) is 7.09. The summed E-state index contributed by atoms with van der Waals surface area (Å²) >= 11 is 1.27. The molecule has 1 heterocycles. The van der Waals surface area contributed by atoms with Crippen LogP contribution in [0.2, 0.25) is 0 Å². The van der Waals surface area contributed by atoms with E-state index in [1.807, 2.05) is 34.6 Å². The zero-order chi connectivity index (χ0) is 16.2. The normalized spacial score (nSPS) is 13.3. The molecule has 0 bridgehead atoms. The molecule has 1 unspecified atom stereocenters. The fraction of sp³-hybridized carbons (Fsp3) is 0.714. The number of anilines is 2. The van der Waals surface area contributed by atoms with Crippen molar-refractivity contribution in [3.63, 3.8) is 0 Å². The predicted molar refractivity (Wildman–Crippen MR) is 87.9 cm³/mol. The Kier molecular flexibility index (Phi) is 5.98. The first-order valence-electron chi connectivity index (χ1n) is 6.98. The van der Waals surface area contributed by atoms with Crippen molar-refractivity contribution in [2.45, 2.75) is 46.2 Å². The number of nitrogen functional groups attached to an aromatic ring is 1. The topological polar surface area (TPSA) is 89.3 Å². The van der Waals surface area contributed by atoms with Crippen LogP contribution in [0.1, 0.15) is 44.3 Å². The number of ether oxygens (including phenoxy) is 1. The number of amides is 1. The molecule has 1 atom stereocenters. The number of carbonyl (C=O) groups excluding carboxylic acids is 1. The Labute approximate surface area is 130 Å². The second-order valence-electron chi connectivity index (χ2n) is 6.39. The first-order valence-corrected chi connectivity index (χ1v) is 7.80. The number of thiazole rings is 1. The lowest BCUT2D eigenvalue weighted by molar-refractivity contribution is 0.0871. The summed E-state index contributed by atoms with van der Waals surface area (Å²) in [6, 6.07) is -0.0528. The molecule has 21 heavy (non-hydrogen) atoms. The molecule has 0 radical (unpaired) electrons. The van der Waals surface area contributed by atoms with Gasteiger partial charge in [0.2, 0.25) is 0 Å². The zero-order valence-electron chi connectivity index (χ0n) is 13.6. The van der Waals surface area contributed by atoms with E-state index in [0.717, 1.165) is 0 Å². The van der Waals surface area contributed by atoms with Gasteiger partial charge in [-0.25, -0.2) is 4.98 Å². The summed E-state index contributed by atoms with van der Waals surface area (Å²) < 4.78 is 5.13. The van der Waals surface area contributed by atoms with E-state index in [9.17, 15) is 4.79 Å². The lowest BCUT2D eigenvalue weighted by Crippen LogP contribution is -2.41. The van der Waals surface area contributed by atoms with Crippen LogP contribution in [-0.2, 0) is 4.74 Å². The van der Waals surface area contributed by atoms with Gasteiger partial charge in [-0.15, -0.1) is 0 Å². The van der Waals surface area contributed by atoms with Crippen LogP contribution in [0.5, 0.6) is 0 Å². The summed E-state index contributed by atoms with van der Waals surface area (Å²) in [5, 5.41) is 6.82. The third-order valence-electron chi connectivity index (χ3n) is 2.81. The number of nitrogens with two attached hydrogens (primary N) is 1. The SMILES string of the molecule is COCC(NC(=O)c1sc(NC(C)(C)C)nc1N)C(C)C. The standard InChI is InChI=1S/C14H26N4O2S/c1-8(2)9(7-20-6)16-12(19)10-11(15)17-13(21-10)18-14(3,4)5/h8-9H,7,15H2,1-6H3,(H,16,19)(H,17,18). The Morgan fingerprint density at radius 2 is 2.05 bits per heavy atom. The monoisotopic (exact) mass is 314 g/mol. The van der Waals surface area contributed by atoms with Gasteiger partial charge in [-0.2, -0.15) is 0 Å². The third kappa shape index (κ3) is 5.51. The lowest BCUT2D eigenvalue weighted by atomic mass is 10.1. The lowest BCUT2D eigenvalue weighted by Gasteiger charge is -2.21. The van der Waals surface area contributed by atoms with Crippen molar-refractivity contribution >= 4 is 28.2 Å². The summed E-state index contributed by atoms with van der Waals surface area (Å²) in [5.41, 5.74) is 5.72. The molecular weight excluding hydrogens is 288 g/mol. The molecule has 0 aliphatic carbocycles. The van der Waals surface area contributed by atoms with Crippen LogP contribution in [-0.4, -0.2) is 36.2 Å². The number of nitrogens with one attached hydrogen (secondary N) is 2. The molecule has 1 rings (SSSR count). The van der Waals surface area contributed by atoms with Gasteiger partial charge >= 0.3 is 0 Å². The van der Waals surface area contributed by atoms with E-state index >= 15 is 0 Å². The van der Waals surface area contributed by atoms with Gasteiger partial charge in [0, 0.05) is 12.6 Å². The Bertz CT molecular complexity index is 480. The zero-order valence-corrected chi connectivity index (χ0v) is 14.4. The highest BCUT2D eigenvalue weighted by atomic mass is 32.1. The Hall–Kier alpha value is -1.34. The molecule has 0 saturated carbocycles. The Morgan fingerprint density at radius 1 is 1.43 bits per heavy atom.